The Morgan fingerprint density at radius 2 is 2.17 bits per heavy atom. The number of ketones is 1. The van der Waals surface area contributed by atoms with Gasteiger partial charge >= 0.3 is 0 Å². The van der Waals surface area contributed by atoms with Crippen LogP contribution in [0.15, 0.2) is 24.3 Å². The van der Waals surface area contributed by atoms with Crippen LogP contribution in [0, 0.1) is 0 Å². The molecule has 0 fully saturated rings. The Morgan fingerprint density at radius 1 is 1.42 bits per heavy atom. The predicted molar refractivity (Wildman–Crippen MR) is 42.2 cm³/mol. The maximum atomic E-state index is 11.4. The summed E-state index contributed by atoms with van der Waals surface area (Å²) < 4.78 is 10.0. The molecule has 0 amide bonds. The lowest BCUT2D eigenvalue weighted by Gasteiger charge is -2.04. The molecule has 1 aliphatic rings. The van der Waals surface area contributed by atoms with Crippen molar-refractivity contribution in [1.82, 2.24) is 0 Å². The van der Waals surface area contributed by atoms with E-state index in [0.717, 1.165) is 0 Å². The zero-order valence-electron chi connectivity index (χ0n) is 6.61. The molecule has 2 rings (SSSR count). The SMILES string of the molecule is CO[C@@H]1Oc2ccccc2C1=O. The first kappa shape index (κ1) is 7.31. The molecule has 0 unspecified atom stereocenters. The molecule has 0 N–H and O–H groups in total. The molecule has 1 atom stereocenters. The van der Waals surface area contributed by atoms with Crippen LogP contribution in [0.1, 0.15) is 10.4 Å². The van der Waals surface area contributed by atoms with Gasteiger partial charge in [0.15, 0.2) is 0 Å². The molecule has 0 aliphatic carbocycles. The second kappa shape index (κ2) is 2.60. The minimum absolute atomic E-state index is 0.104. The average molecular weight is 164 g/mol. The van der Waals surface area contributed by atoms with Crippen molar-refractivity contribution < 1.29 is 14.3 Å². The largest absolute Gasteiger partial charge is 0.456 e. The van der Waals surface area contributed by atoms with E-state index < -0.39 is 6.29 Å². The molecule has 12 heavy (non-hydrogen) atoms. The Bertz CT molecular complexity index is 319. The molecule has 3 heteroatoms. The summed E-state index contributed by atoms with van der Waals surface area (Å²) in [5.74, 6) is 0.502. The van der Waals surface area contributed by atoms with Crippen LogP contribution in [0.3, 0.4) is 0 Å². The van der Waals surface area contributed by atoms with Crippen molar-refractivity contribution in [3.05, 3.63) is 29.8 Å². The Morgan fingerprint density at radius 3 is 2.83 bits per heavy atom. The summed E-state index contributed by atoms with van der Waals surface area (Å²) in [5.41, 5.74) is 0.601. The average Bonchev–Trinajstić information content (AvgIpc) is 2.44. The van der Waals surface area contributed by atoms with Crippen LogP contribution in [0.5, 0.6) is 5.75 Å². The van der Waals surface area contributed by atoms with Crippen molar-refractivity contribution in [3.63, 3.8) is 0 Å². The van der Waals surface area contributed by atoms with Gasteiger partial charge in [0.05, 0.1) is 5.56 Å². The number of carbonyl (C=O) groups excluding carboxylic acids is 1. The summed E-state index contributed by atoms with van der Waals surface area (Å²) >= 11 is 0. The van der Waals surface area contributed by atoms with E-state index >= 15 is 0 Å². The van der Waals surface area contributed by atoms with Crippen molar-refractivity contribution in [2.75, 3.05) is 7.11 Å². The highest BCUT2D eigenvalue weighted by Crippen LogP contribution is 2.27. The molecular formula is C9H8O3. The summed E-state index contributed by atoms with van der Waals surface area (Å²) in [6, 6.07) is 7.12. The molecular weight excluding hydrogens is 156 g/mol. The van der Waals surface area contributed by atoms with Gasteiger partial charge in [-0.1, -0.05) is 12.1 Å². The fourth-order valence-corrected chi connectivity index (χ4v) is 1.22. The molecule has 0 bridgehead atoms. The fraction of sp³-hybridized carbons (Fsp3) is 0.222. The number of rotatable bonds is 1. The molecule has 62 valence electrons. The lowest BCUT2D eigenvalue weighted by Crippen LogP contribution is -2.21. The maximum absolute atomic E-state index is 11.4. The molecule has 1 heterocycles. The highest BCUT2D eigenvalue weighted by molar-refractivity contribution is 6.03. The van der Waals surface area contributed by atoms with Gasteiger partial charge in [-0.3, -0.25) is 4.79 Å². The van der Waals surface area contributed by atoms with Gasteiger partial charge in [-0.2, -0.15) is 0 Å². The number of hydrogen-bond donors (Lipinski definition) is 0. The molecule has 3 nitrogen and oxygen atoms in total. The monoisotopic (exact) mass is 164 g/mol. The van der Waals surface area contributed by atoms with Gasteiger partial charge < -0.3 is 9.47 Å². The Labute approximate surface area is 69.9 Å². The van der Waals surface area contributed by atoms with Gasteiger partial charge in [0.2, 0.25) is 5.78 Å². The van der Waals surface area contributed by atoms with Gasteiger partial charge in [0, 0.05) is 7.11 Å². The Balaban J connectivity index is 2.42. The van der Waals surface area contributed by atoms with Crippen molar-refractivity contribution in [3.8, 4) is 5.75 Å². The minimum Gasteiger partial charge on any atom is -0.456 e. The predicted octanol–water partition coefficient (Wildman–Crippen LogP) is 1.23. The summed E-state index contributed by atoms with van der Waals surface area (Å²) in [5, 5.41) is 0. The minimum atomic E-state index is -0.748. The highest BCUT2D eigenvalue weighted by Gasteiger charge is 2.31. The third-order valence-corrected chi connectivity index (χ3v) is 1.81. The van der Waals surface area contributed by atoms with E-state index in [9.17, 15) is 4.79 Å². The third-order valence-electron chi connectivity index (χ3n) is 1.81. The number of ether oxygens (including phenoxy) is 2. The zero-order chi connectivity index (χ0) is 8.55. The van der Waals surface area contributed by atoms with E-state index in [-0.39, 0.29) is 5.78 Å². The number of methoxy groups -OCH3 is 1. The third kappa shape index (κ3) is 0.905. The van der Waals surface area contributed by atoms with Crippen molar-refractivity contribution in [2.24, 2.45) is 0 Å². The van der Waals surface area contributed by atoms with Crippen LogP contribution >= 0.6 is 0 Å². The second-order valence-corrected chi connectivity index (χ2v) is 2.55. The van der Waals surface area contributed by atoms with E-state index in [0.29, 0.717) is 11.3 Å². The topological polar surface area (TPSA) is 35.5 Å². The van der Waals surface area contributed by atoms with E-state index in [1.54, 1.807) is 18.2 Å². The van der Waals surface area contributed by atoms with Crippen LogP contribution in [0.2, 0.25) is 0 Å². The maximum Gasteiger partial charge on any atom is 0.264 e. The number of Topliss-reactive ketones (excluding diaryl/α,β-unsaturated/α-hetero) is 1. The van der Waals surface area contributed by atoms with Gasteiger partial charge in [-0.05, 0) is 12.1 Å². The fourth-order valence-electron chi connectivity index (χ4n) is 1.22. The van der Waals surface area contributed by atoms with Crippen LogP contribution in [-0.4, -0.2) is 19.2 Å². The summed E-state index contributed by atoms with van der Waals surface area (Å²) in [4.78, 5) is 11.4. The summed E-state index contributed by atoms with van der Waals surface area (Å²) in [7, 11) is 1.45. The number of para-hydroxylation sites is 1. The van der Waals surface area contributed by atoms with Crippen LogP contribution in [-0.2, 0) is 4.74 Å². The standard InChI is InChI=1S/C9H8O3/c1-11-9-8(10)6-4-2-3-5-7(6)12-9/h2-5,9H,1H3/t9-/m1/s1. The van der Waals surface area contributed by atoms with E-state index in [1.807, 2.05) is 6.07 Å². The number of benzene rings is 1. The lowest BCUT2D eigenvalue weighted by molar-refractivity contribution is -0.0214. The van der Waals surface area contributed by atoms with Crippen molar-refractivity contribution in [2.45, 2.75) is 6.29 Å². The van der Waals surface area contributed by atoms with Crippen LogP contribution in [0.25, 0.3) is 0 Å². The first-order chi connectivity index (χ1) is 5.83. The zero-order valence-corrected chi connectivity index (χ0v) is 6.61. The van der Waals surface area contributed by atoms with Crippen molar-refractivity contribution >= 4 is 5.78 Å². The molecule has 1 aromatic rings. The van der Waals surface area contributed by atoms with E-state index in [1.165, 1.54) is 7.11 Å². The molecule has 0 saturated heterocycles. The van der Waals surface area contributed by atoms with Crippen LogP contribution in [0.4, 0.5) is 0 Å². The van der Waals surface area contributed by atoms with Gasteiger partial charge in [0.1, 0.15) is 5.75 Å². The molecule has 1 aliphatic heterocycles. The smallest absolute Gasteiger partial charge is 0.264 e. The van der Waals surface area contributed by atoms with Gasteiger partial charge in [0.25, 0.3) is 6.29 Å². The lowest BCUT2D eigenvalue weighted by atomic mass is 10.1. The highest BCUT2D eigenvalue weighted by atomic mass is 16.7. The number of carbonyl (C=O) groups is 1. The first-order valence-corrected chi connectivity index (χ1v) is 3.65. The van der Waals surface area contributed by atoms with Gasteiger partial charge in [-0.25, -0.2) is 0 Å². The van der Waals surface area contributed by atoms with Crippen molar-refractivity contribution in [1.29, 1.82) is 0 Å². The molecule has 1 aromatic carbocycles. The van der Waals surface area contributed by atoms with E-state index in [4.69, 9.17) is 9.47 Å². The Kier molecular flexibility index (Phi) is 1.59. The molecule has 0 saturated carbocycles. The van der Waals surface area contributed by atoms with Crippen LogP contribution < -0.4 is 4.74 Å². The quantitative estimate of drug-likeness (QED) is 0.626. The normalized spacial score (nSPS) is 20.4. The summed E-state index contributed by atoms with van der Waals surface area (Å²) in [6.07, 6.45) is -0.748. The second-order valence-electron chi connectivity index (χ2n) is 2.55. The first-order valence-electron chi connectivity index (χ1n) is 3.65. The number of fused-ring (bicyclic) bond motifs is 1. The Hall–Kier alpha value is -1.35. The molecule has 0 spiro atoms. The molecule has 0 radical (unpaired) electrons. The number of hydrogen-bond acceptors (Lipinski definition) is 3. The van der Waals surface area contributed by atoms with E-state index in [2.05, 4.69) is 0 Å². The summed E-state index contributed by atoms with van der Waals surface area (Å²) in [6.45, 7) is 0. The van der Waals surface area contributed by atoms with Gasteiger partial charge in [-0.15, -0.1) is 0 Å². The molecule has 0 aromatic heterocycles.